The predicted octanol–water partition coefficient (Wildman–Crippen LogP) is 3.19. The zero-order chi connectivity index (χ0) is 12.5. The zero-order valence-corrected chi connectivity index (χ0v) is 13.3. The Morgan fingerprint density at radius 2 is 2.18 bits per heavy atom. The number of alkyl halides is 1. The van der Waals surface area contributed by atoms with E-state index in [2.05, 4.69) is 44.0 Å². The van der Waals surface area contributed by atoms with Crippen LogP contribution in [0, 0.1) is 5.92 Å². The molecule has 1 heterocycles. The molecule has 1 aromatic rings. The van der Waals surface area contributed by atoms with Crippen molar-refractivity contribution in [3.05, 3.63) is 34.3 Å². The summed E-state index contributed by atoms with van der Waals surface area (Å²) in [5, 5.41) is 0. The van der Waals surface area contributed by atoms with Crippen LogP contribution < -0.4 is 0 Å². The van der Waals surface area contributed by atoms with E-state index in [4.69, 9.17) is 0 Å². The number of benzene rings is 1. The van der Waals surface area contributed by atoms with Gasteiger partial charge in [-0.2, -0.15) is 0 Å². The van der Waals surface area contributed by atoms with Crippen molar-refractivity contribution in [2.24, 2.45) is 5.92 Å². The Bertz CT molecular complexity index is 499. The van der Waals surface area contributed by atoms with Gasteiger partial charge in [0, 0.05) is 9.30 Å². The van der Waals surface area contributed by atoms with E-state index >= 15 is 0 Å². The predicted molar refractivity (Wildman–Crippen MR) is 77.3 cm³/mol. The fourth-order valence-corrected chi connectivity index (χ4v) is 5.56. The van der Waals surface area contributed by atoms with Gasteiger partial charge in [-0.25, -0.2) is 8.42 Å². The molecule has 1 saturated heterocycles. The Hall–Kier alpha value is 0.130. The molecule has 0 N–H and O–H groups in total. The molecule has 2 nitrogen and oxygen atoms in total. The Balaban J connectivity index is 2.00. The second kappa shape index (κ2) is 5.41. The number of halogens is 2. The first-order valence-electron chi connectivity index (χ1n) is 5.55. The minimum atomic E-state index is -2.78. The molecule has 0 amide bonds. The summed E-state index contributed by atoms with van der Waals surface area (Å²) in [7, 11) is -2.78. The molecule has 0 spiro atoms. The van der Waals surface area contributed by atoms with Gasteiger partial charge in [0.2, 0.25) is 0 Å². The Morgan fingerprint density at radius 1 is 1.41 bits per heavy atom. The van der Waals surface area contributed by atoms with Gasteiger partial charge in [0.1, 0.15) is 0 Å². The molecule has 0 aliphatic carbocycles. The van der Waals surface area contributed by atoms with Crippen molar-refractivity contribution in [2.75, 3.05) is 11.5 Å². The average molecular weight is 382 g/mol. The molecule has 1 aromatic carbocycles. The minimum absolute atomic E-state index is 0.245. The van der Waals surface area contributed by atoms with E-state index in [1.54, 1.807) is 0 Å². The average Bonchev–Trinajstić information content (AvgIpc) is 2.59. The molecule has 0 radical (unpaired) electrons. The van der Waals surface area contributed by atoms with Crippen molar-refractivity contribution >= 4 is 41.7 Å². The molecular weight excluding hydrogens is 368 g/mol. The monoisotopic (exact) mass is 380 g/mol. The summed E-state index contributed by atoms with van der Waals surface area (Å²) < 4.78 is 23.9. The van der Waals surface area contributed by atoms with Crippen LogP contribution in [-0.4, -0.2) is 24.8 Å². The molecule has 2 rings (SSSR count). The molecule has 17 heavy (non-hydrogen) atoms. The maximum atomic E-state index is 11.4. The van der Waals surface area contributed by atoms with E-state index in [1.165, 1.54) is 5.56 Å². The number of rotatable bonds is 3. The lowest BCUT2D eigenvalue weighted by Crippen LogP contribution is -2.18. The first-order chi connectivity index (χ1) is 7.96. The number of hydrogen-bond donors (Lipinski definition) is 0. The molecule has 94 valence electrons. The second-order valence-electron chi connectivity index (χ2n) is 4.51. The van der Waals surface area contributed by atoms with Gasteiger partial charge in [-0.05, 0) is 36.5 Å². The van der Waals surface area contributed by atoms with Gasteiger partial charge >= 0.3 is 0 Å². The van der Waals surface area contributed by atoms with Crippen LogP contribution in [0.5, 0.6) is 0 Å². The van der Waals surface area contributed by atoms with Gasteiger partial charge in [0.05, 0.1) is 11.5 Å². The third kappa shape index (κ3) is 3.80. The van der Waals surface area contributed by atoms with Gasteiger partial charge in [-0.1, -0.05) is 44.0 Å². The standard InChI is InChI=1S/C12H14Br2O2S/c13-11-3-1-2-9(6-11)7-12(14)10-4-5-17(15,16)8-10/h1-3,6,10,12H,4-5,7-8H2. The molecule has 1 aliphatic rings. The second-order valence-corrected chi connectivity index (χ2v) is 8.83. The van der Waals surface area contributed by atoms with E-state index in [1.807, 2.05) is 12.1 Å². The van der Waals surface area contributed by atoms with Gasteiger partial charge in [-0.3, -0.25) is 0 Å². The largest absolute Gasteiger partial charge is 0.229 e. The lowest BCUT2D eigenvalue weighted by molar-refractivity contribution is 0.563. The summed E-state index contributed by atoms with van der Waals surface area (Å²) in [6.07, 6.45) is 1.66. The quantitative estimate of drug-likeness (QED) is 0.753. The summed E-state index contributed by atoms with van der Waals surface area (Å²) in [6.45, 7) is 0. The topological polar surface area (TPSA) is 34.1 Å². The van der Waals surface area contributed by atoms with E-state index in [-0.39, 0.29) is 10.7 Å². The highest BCUT2D eigenvalue weighted by Gasteiger charge is 2.32. The lowest BCUT2D eigenvalue weighted by Gasteiger charge is -2.16. The smallest absolute Gasteiger partial charge is 0.150 e. The highest BCUT2D eigenvalue weighted by Crippen LogP contribution is 2.29. The van der Waals surface area contributed by atoms with Crippen LogP contribution in [0.4, 0.5) is 0 Å². The van der Waals surface area contributed by atoms with Crippen molar-refractivity contribution in [3.63, 3.8) is 0 Å². The Labute approximate surface area is 119 Å². The van der Waals surface area contributed by atoms with Crippen molar-refractivity contribution < 1.29 is 8.42 Å². The van der Waals surface area contributed by atoms with Crippen molar-refractivity contribution in [1.82, 2.24) is 0 Å². The first-order valence-corrected chi connectivity index (χ1v) is 9.08. The summed E-state index contributed by atoms with van der Waals surface area (Å²) in [5.41, 5.74) is 1.23. The maximum absolute atomic E-state index is 11.4. The molecule has 1 fully saturated rings. The van der Waals surface area contributed by atoms with E-state index < -0.39 is 9.84 Å². The fraction of sp³-hybridized carbons (Fsp3) is 0.500. The number of sulfone groups is 1. The van der Waals surface area contributed by atoms with E-state index in [0.717, 1.165) is 17.3 Å². The fourth-order valence-electron chi connectivity index (χ4n) is 2.16. The van der Waals surface area contributed by atoms with Crippen LogP contribution in [-0.2, 0) is 16.3 Å². The first kappa shape index (κ1) is 13.6. The third-order valence-electron chi connectivity index (χ3n) is 3.10. The highest BCUT2D eigenvalue weighted by atomic mass is 79.9. The molecule has 0 saturated carbocycles. The zero-order valence-electron chi connectivity index (χ0n) is 9.27. The van der Waals surface area contributed by atoms with Gasteiger partial charge in [-0.15, -0.1) is 0 Å². The van der Waals surface area contributed by atoms with Gasteiger partial charge in [0.15, 0.2) is 9.84 Å². The Morgan fingerprint density at radius 3 is 2.76 bits per heavy atom. The minimum Gasteiger partial charge on any atom is -0.229 e. The number of hydrogen-bond acceptors (Lipinski definition) is 2. The highest BCUT2D eigenvalue weighted by molar-refractivity contribution is 9.10. The molecule has 2 atom stereocenters. The van der Waals surface area contributed by atoms with Crippen LogP contribution in [0.3, 0.4) is 0 Å². The molecule has 0 bridgehead atoms. The van der Waals surface area contributed by atoms with Crippen molar-refractivity contribution in [1.29, 1.82) is 0 Å². The van der Waals surface area contributed by atoms with Gasteiger partial charge < -0.3 is 0 Å². The van der Waals surface area contributed by atoms with Crippen LogP contribution >= 0.6 is 31.9 Å². The lowest BCUT2D eigenvalue weighted by atomic mass is 9.99. The summed E-state index contributed by atoms with van der Waals surface area (Å²) in [6, 6.07) is 8.15. The third-order valence-corrected chi connectivity index (χ3v) is 6.46. The molecule has 1 aliphatic heterocycles. The van der Waals surface area contributed by atoms with Crippen LogP contribution in [0.2, 0.25) is 0 Å². The molecule has 0 aromatic heterocycles. The normalized spacial score (nSPS) is 24.7. The summed E-state index contributed by atoms with van der Waals surface area (Å²) >= 11 is 7.08. The van der Waals surface area contributed by atoms with E-state index in [9.17, 15) is 8.42 Å². The Kier molecular flexibility index (Phi) is 4.31. The van der Waals surface area contributed by atoms with Gasteiger partial charge in [0.25, 0.3) is 0 Å². The van der Waals surface area contributed by atoms with Crippen LogP contribution in [0.25, 0.3) is 0 Å². The van der Waals surface area contributed by atoms with Crippen LogP contribution in [0.15, 0.2) is 28.7 Å². The van der Waals surface area contributed by atoms with Crippen molar-refractivity contribution in [3.8, 4) is 0 Å². The molecule has 5 heteroatoms. The SMILES string of the molecule is O=S1(=O)CCC(C(Br)Cc2cccc(Br)c2)C1. The molecular formula is C12H14Br2O2S. The van der Waals surface area contributed by atoms with Crippen molar-refractivity contribution in [2.45, 2.75) is 17.7 Å². The summed E-state index contributed by atoms with van der Waals surface area (Å²) in [5.74, 6) is 0.925. The van der Waals surface area contributed by atoms with E-state index in [0.29, 0.717) is 11.5 Å². The van der Waals surface area contributed by atoms with Crippen LogP contribution in [0.1, 0.15) is 12.0 Å². The maximum Gasteiger partial charge on any atom is 0.150 e. The molecule has 2 unspecified atom stereocenters. The summed E-state index contributed by atoms with van der Waals surface area (Å²) in [4.78, 5) is 0.245.